The van der Waals surface area contributed by atoms with E-state index in [1.54, 1.807) is 20.8 Å². The molecular weight excluding hydrogens is 239 g/mol. The van der Waals surface area contributed by atoms with Gasteiger partial charge in [-0.3, -0.25) is 4.79 Å². The molecule has 0 aliphatic rings. The van der Waals surface area contributed by atoms with Gasteiger partial charge >= 0.3 is 5.97 Å². The maximum atomic E-state index is 13.2. The first-order valence-corrected chi connectivity index (χ1v) is 5.41. The first-order valence-electron chi connectivity index (χ1n) is 5.41. The minimum Gasteiger partial charge on any atom is -0.482 e. The van der Waals surface area contributed by atoms with E-state index in [-0.39, 0.29) is 17.9 Å². The van der Waals surface area contributed by atoms with Gasteiger partial charge in [-0.1, -0.05) is 0 Å². The number of aldehydes is 1. The zero-order valence-corrected chi connectivity index (χ0v) is 10.5. The van der Waals surface area contributed by atoms with Crippen molar-refractivity contribution in [2.24, 2.45) is 0 Å². The molecule has 0 fully saturated rings. The predicted octanol–water partition coefficient (Wildman–Crippen LogP) is 2.36. The molecule has 98 valence electrons. The second-order valence-electron chi connectivity index (χ2n) is 4.68. The summed E-state index contributed by atoms with van der Waals surface area (Å²) >= 11 is 0. The summed E-state index contributed by atoms with van der Waals surface area (Å²) in [4.78, 5) is 21.7. The molecule has 0 radical (unpaired) electrons. The highest BCUT2D eigenvalue weighted by Crippen LogP contribution is 2.16. The first-order chi connectivity index (χ1) is 8.31. The lowest BCUT2D eigenvalue weighted by Gasteiger charge is -2.19. The molecule has 0 saturated heterocycles. The molecule has 18 heavy (non-hydrogen) atoms. The summed E-state index contributed by atoms with van der Waals surface area (Å²) in [6.45, 7) is 4.91. The highest BCUT2D eigenvalue weighted by Gasteiger charge is 2.16. The van der Waals surface area contributed by atoms with Crippen molar-refractivity contribution in [3.05, 3.63) is 29.6 Å². The van der Waals surface area contributed by atoms with Gasteiger partial charge in [0.15, 0.2) is 12.9 Å². The van der Waals surface area contributed by atoms with Gasteiger partial charge in [0.2, 0.25) is 0 Å². The Balaban J connectivity index is 2.56. The van der Waals surface area contributed by atoms with E-state index in [1.165, 1.54) is 12.1 Å². The number of halogens is 1. The normalized spacial score (nSPS) is 10.9. The number of rotatable bonds is 4. The maximum Gasteiger partial charge on any atom is 0.344 e. The van der Waals surface area contributed by atoms with E-state index in [4.69, 9.17) is 9.47 Å². The Labute approximate surface area is 105 Å². The zero-order valence-electron chi connectivity index (χ0n) is 10.5. The van der Waals surface area contributed by atoms with Crippen LogP contribution in [-0.4, -0.2) is 24.5 Å². The van der Waals surface area contributed by atoms with Gasteiger partial charge in [0.05, 0.1) is 5.56 Å². The van der Waals surface area contributed by atoms with Gasteiger partial charge < -0.3 is 9.47 Å². The fraction of sp³-hybridized carbons (Fsp3) is 0.385. The van der Waals surface area contributed by atoms with Crippen LogP contribution in [0, 0.1) is 5.82 Å². The van der Waals surface area contributed by atoms with Crippen molar-refractivity contribution in [3.8, 4) is 5.75 Å². The zero-order chi connectivity index (χ0) is 13.8. The summed E-state index contributed by atoms with van der Waals surface area (Å²) in [5.41, 5.74) is -0.646. The Morgan fingerprint density at radius 1 is 1.39 bits per heavy atom. The number of esters is 1. The van der Waals surface area contributed by atoms with Crippen LogP contribution in [0.3, 0.4) is 0 Å². The average Bonchev–Trinajstić information content (AvgIpc) is 2.24. The Bertz CT molecular complexity index is 449. The van der Waals surface area contributed by atoms with Crippen molar-refractivity contribution in [1.82, 2.24) is 0 Å². The van der Waals surface area contributed by atoms with Gasteiger partial charge in [0.25, 0.3) is 0 Å². The van der Waals surface area contributed by atoms with Crippen LogP contribution in [0.25, 0.3) is 0 Å². The Hall–Kier alpha value is -1.91. The smallest absolute Gasteiger partial charge is 0.344 e. The van der Waals surface area contributed by atoms with Crippen molar-refractivity contribution in [1.29, 1.82) is 0 Å². The minimum atomic E-state index is -0.688. The molecule has 1 rings (SSSR count). The highest BCUT2D eigenvalue weighted by molar-refractivity contribution is 5.75. The minimum absolute atomic E-state index is 0.0559. The van der Waals surface area contributed by atoms with Gasteiger partial charge in [-0.15, -0.1) is 0 Å². The molecule has 4 nitrogen and oxygen atoms in total. The SMILES string of the molecule is CC(C)(C)OC(=O)COc1ccc(C=O)c(F)c1. The number of carbonyl (C=O) groups excluding carboxylic acids is 2. The molecule has 0 amide bonds. The molecule has 0 N–H and O–H groups in total. The maximum absolute atomic E-state index is 13.2. The summed E-state index contributed by atoms with van der Waals surface area (Å²) < 4.78 is 23.3. The van der Waals surface area contributed by atoms with Crippen molar-refractivity contribution < 1.29 is 23.5 Å². The third-order valence-electron chi connectivity index (χ3n) is 1.88. The number of carbonyl (C=O) groups is 2. The molecular formula is C13H15FO4. The topological polar surface area (TPSA) is 52.6 Å². The molecule has 0 aliphatic heterocycles. The molecule has 0 spiro atoms. The molecule has 0 unspecified atom stereocenters. The van der Waals surface area contributed by atoms with E-state index in [2.05, 4.69) is 0 Å². The summed E-state index contributed by atoms with van der Waals surface area (Å²) in [6, 6.07) is 3.75. The molecule has 0 saturated carbocycles. The molecule has 0 atom stereocenters. The van der Waals surface area contributed by atoms with Crippen LogP contribution in [0.2, 0.25) is 0 Å². The van der Waals surface area contributed by atoms with E-state index in [1.807, 2.05) is 0 Å². The quantitative estimate of drug-likeness (QED) is 0.611. The Morgan fingerprint density at radius 2 is 2.06 bits per heavy atom. The lowest BCUT2D eigenvalue weighted by atomic mass is 10.2. The van der Waals surface area contributed by atoms with Crippen LogP contribution in [0.4, 0.5) is 4.39 Å². The second kappa shape index (κ2) is 5.62. The van der Waals surface area contributed by atoms with Crippen molar-refractivity contribution >= 4 is 12.3 Å². The summed E-state index contributed by atoms with van der Waals surface area (Å²) in [5, 5.41) is 0. The number of ether oxygens (including phenoxy) is 2. The number of hydrogen-bond donors (Lipinski definition) is 0. The number of benzene rings is 1. The van der Waals surface area contributed by atoms with E-state index in [0.717, 1.165) is 6.07 Å². The second-order valence-corrected chi connectivity index (χ2v) is 4.68. The average molecular weight is 254 g/mol. The molecule has 1 aromatic carbocycles. The molecule has 0 heterocycles. The molecule has 0 aromatic heterocycles. The van der Waals surface area contributed by atoms with Crippen LogP contribution in [0.15, 0.2) is 18.2 Å². The third kappa shape index (κ3) is 4.53. The lowest BCUT2D eigenvalue weighted by Crippen LogP contribution is -2.27. The largest absolute Gasteiger partial charge is 0.482 e. The van der Waals surface area contributed by atoms with Crippen molar-refractivity contribution in [3.63, 3.8) is 0 Å². The van der Waals surface area contributed by atoms with Crippen molar-refractivity contribution in [2.45, 2.75) is 26.4 Å². The monoisotopic (exact) mass is 254 g/mol. The Kier molecular flexibility index (Phi) is 4.42. The van der Waals surface area contributed by atoms with Gasteiger partial charge in [-0.25, -0.2) is 9.18 Å². The fourth-order valence-electron chi connectivity index (χ4n) is 1.21. The molecule has 1 aromatic rings. The van der Waals surface area contributed by atoms with Crippen LogP contribution < -0.4 is 4.74 Å². The van der Waals surface area contributed by atoms with Crippen molar-refractivity contribution in [2.75, 3.05) is 6.61 Å². The first kappa shape index (κ1) is 14.2. The van der Waals surface area contributed by atoms with Crippen LogP contribution >= 0.6 is 0 Å². The Morgan fingerprint density at radius 3 is 2.56 bits per heavy atom. The van der Waals surface area contributed by atoms with Gasteiger partial charge in [0.1, 0.15) is 17.2 Å². The van der Waals surface area contributed by atoms with Crippen LogP contribution in [0.5, 0.6) is 5.75 Å². The standard InChI is InChI=1S/C13H15FO4/c1-13(2,3)18-12(16)8-17-10-5-4-9(7-15)11(14)6-10/h4-7H,8H2,1-3H3. The van der Waals surface area contributed by atoms with E-state index < -0.39 is 17.4 Å². The molecule has 0 aliphatic carbocycles. The lowest BCUT2D eigenvalue weighted by molar-refractivity contribution is -0.157. The molecule has 5 heteroatoms. The third-order valence-corrected chi connectivity index (χ3v) is 1.88. The number of hydrogen-bond acceptors (Lipinski definition) is 4. The van der Waals surface area contributed by atoms with Gasteiger partial charge in [-0.2, -0.15) is 0 Å². The summed E-state index contributed by atoms with van der Waals surface area (Å²) in [7, 11) is 0. The summed E-state index contributed by atoms with van der Waals surface area (Å²) in [6.07, 6.45) is 0.410. The van der Waals surface area contributed by atoms with E-state index in [9.17, 15) is 14.0 Å². The fourth-order valence-corrected chi connectivity index (χ4v) is 1.21. The van der Waals surface area contributed by atoms with E-state index >= 15 is 0 Å². The predicted molar refractivity (Wildman–Crippen MR) is 63.1 cm³/mol. The highest BCUT2D eigenvalue weighted by atomic mass is 19.1. The van der Waals surface area contributed by atoms with E-state index in [0.29, 0.717) is 6.29 Å². The van der Waals surface area contributed by atoms with Crippen LogP contribution in [0.1, 0.15) is 31.1 Å². The van der Waals surface area contributed by atoms with Gasteiger partial charge in [0, 0.05) is 6.07 Å². The van der Waals surface area contributed by atoms with Gasteiger partial charge in [-0.05, 0) is 32.9 Å². The van der Waals surface area contributed by atoms with Crippen LogP contribution in [-0.2, 0) is 9.53 Å². The summed E-state index contributed by atoms with van der Waals surface area (Å²) in [5.74, 6) is -1.06. The molecule has 0 bridgehead atoms.